The molecular weight excluding hydrogens is 380 g/mol. The Morgan fingerprint density at radius 3 is 2.17 bits per heavy atom. The largest absolute Gasteiger partial charge is 0.465 e. The molecule has 6 heteroatoms. The third-order valence-electron chi connectivity index (χ3n) is 5.36. The molecule has 0 bridgehead atoms. The molecule has 0 spiro atoms. The van der Waals surface area contributed by atoms with Gasteiger partial charge in [0, 0.05) is 24.7 Å². The number of nitrogens with one attached hydrogen (secondary N) is 2. The summed E-state index contributed by atoms with van der Waals surface area (Å²) in [5.41, 5.74) is -0.0526. The Kier molecular flexibility index (Phi) is 6.65. The first-order valence-corrected chi connectivity index (χ1v) is 10.2. The summed E-state index contributed by atoms with van der Waals surface area (Å²) in [4.78, 5) is 24.6. The van der Waals surface area contributed by atoms with Crippen LogP contribution < -0.4 is 10.6 Å². The first-order chi connectivity index (χ1) is 14.2. The van der Waals surface area contributed by atoms with E-state index in [9.17, 15) is 9.59 Å². The van der Waals surface area contributed by atoms with Crippen LogP contribution in [0.2, 0.25) is 0 Å². The van der Waals surface area contributed by atoms with Gasteiger partial charge in [0.1, 0.15) is 11.5 Å². The van der Waals surface area contributed by atoms with Crippen LogP contribution in [0.1, 0.15) is 51.6 Å². The van der Waals surface area contributed by atoms with Crippen molar-refractivity contribution in [2.24, 2.45) is 10.8 Å². The summed E-state index contributed by atoms with van der Waals surface area (Å²) in [5.74, 6) is 0.990. The summed E-state index contributed by atoms with van der Waals surface area (Å²) in [6.45, 7) is 7.14. The molecule has 2 unspecified atom stereocenters. The highest BCUT2D eigenvalue weighted by molar-refractivity contribution is 5.92. The molecular formula is C24H30N2O4. The van der Waals surface area contributed by atoms with Crippen molar-refractivity contribution >= 4 is 24.0 Å². The number of amides is 2. The minimum atomic E-state index is -0.155. The molecule has 2 N–H and O–H groups in total. The minimum Gasteiger partial charge on any atom is -0.465 e. The van der Waals surface area contributed by atoms with Crippen molar-refractivity contribution < 1.29 is 18.4 Å². The van der Waals surface area contributed by atoms with E-state index >= 15 is 0 Å². The minimum absolute atomic E-state index is 0.0445. The molecule has 160 valence electrons. The van der Waals surface area contributed by atoms with Crippen LogP contribution in [0.3, 0.4) is 0 Å². The number of furan rings is 2. The van der Waals surface area contributed by atoms with Crippen LogP contribution in [0, 0.1) is 10.8 Å². The zero-order valence-electron chi connectivity index (χ0n) is 17.8. The van der Waals surface area contributed by atoms with Crippen molar-refractivity contribution in [2.75, 3.05) is 6.54 Å². The highest BCUT2D eigenvalue weighted by Crippen LogP contribution is 2.45. The number of hydrogen-bond donors (Lipinski definition) is 2. The Hall–Kier alpha value is -3.02. The molecule has 30 heavy (non-hydrogen) atoms. The smallest absolute Gasteiger partial charge is 0.244 e. The van der Waals surface area contributed by atoms with E-state index in [4.69, 9.17) is 8.83 Å². The van der Waals surface area contributed by atoms with Gasteiger partial charge in [-0.3, -0.25) is 9.59 Å². The molecule has 0 saturated heterocycles. The topological polar surface area (TPSA) is 84.5 Å². The van der Waals surface area contributed by atoms with Gasteiger partial charge in [0.05, 0.1) is 12.5 Å². The van der Waals surface area contributed by atoms with E-state index in [1.165, 1.54) is 12.2 Å². The molecule has 1 aliphatic carbocycles. The summed E-state index contributed by atoms with van der Waals surface area (Å²) >= 11 is 0. The van der Waals surface area contributed by atoms with E-state index in [-0.39, 0.29) is 28.7 Å². The lowest BCUT2D eigenvalue weighted by Crippen LogP contribution is -2.50. The molecule has 6 nitrogen and oxygen atoms in total. The molecule has 1 fully saturated rings. The van der Waals surface area contributed by atoms with Crippen LogP contribution in [-0.4, -0.2) is 24.4 Å². The van der Waals surface area contributed by atoms with Crippen molar-refractivity contribution in [1.29, 1.82) is 0 Å². The number of carbonyl (C=O) groups is 2. The SMILES string of the molecule is CC1(C)CC(NC(=O)/C=C/c2ccco2)CC(C)(CNC(=O)/C=C/c2ccco2)C1. The van der Waals surface area contributed by atoms with Gasteiger partial charge in [-0.15, -0.1) is 0 Å². The Morgan fingerprint density at radius 1 is 1.00 bits per heavy atom. The molecule has 0 aliphatic heterocycles. The summed E-state index contributed by atoms with van der Waals surface area (Å²) in [5, 5.41) is 6.12. The van der Waals surface area contributed by atoms with E-state index in [1.807, 2.05) is 0 Å². The second kappa shape index (κ2) is 9.20. The van der Waals surface area contributed by atoms with Gasteiger partial charge < -0.3 is 19.5 Å². The van der Waals surface area contributed by atoms with E-state index in [2.05, 4.69) is 31.4 Å². The van der Waals surface area contributed by atoms with Gasteiger partial charge in [-0.05, 0) is 66.5 Å². The molecule has 2 aromatic heterocycles. The lowest BCUT2D eigenvalue weighted by Gasteiger charge is -2.46. The summed E-state index contributed by atoms with van der Waals surface area (Å²) < 4.78 is 10.4. The van der Waals surface area contributed by atoms with Gasteiger partial charge in [-0.1, -0.05) is 20.8 Å². The fraction of sp³-hybridized carbons (Fsp3) is 0.417. The summed E-state index contributed by atoms with van der Waals surface area (Å²) in [6.07, 6.45) is 12.1. The molecule has 2 aromatic rings. The third-order valence-corrected chi connectivity index (χ3v) is 5.36. The maximum atomic E-state index is 12.4. The average molecular weight is 411 g/mol. The quantitative estimate of drug-likeness (QED) is 0.662. The van der Waals surface area contributed by atoms with Gasteiger partial charge in [0.25, 0.3) is 0 Å². The second-order valence-corrected chi connectivity index (χ2v) is 9.18. The van der Waals surface area contributed by atoms with Gasteiger partial charge in [-0.2, -0.15) is 0 Å². The number of carbonyl (C=O) groups excluding carboxylic acids is 2. The van der Waals surface area contributed by atoms with Crippen molar-refractivity contribution in [3.63, 3.8) is 0 Å². The monoisotopic (exact) mass is 410 g/mol. The van der Waals surface area contributed by atoms with E-state index in [1.54, 1.807) is 48.9 Å². The summed E-state index contributed by atoms with van der Waals surface area (Å²) in [6, 6.07) is 7.20. The highest BCUT2D eigenvalue weighted by Gasteiger charge is 2.41. The fourth-order valence-corrected chi connectivity index (χ4v) is 4.57. The Bertz CT molecular complexity index is 894. The lowest BCUT2D eigenvalue weighted by atomic mass is 9.62. The molecule has 1 aliphatic rings. The Labute approximate surface area is 177 Å². The van der Waals surface area contributed by atoms with Crippen molar-refractivity contribution in [3.8, 4) is 0 Å². The Morgan fingerprint density at radius 2 is 1.60 bits per heavy atom. The van der Waals surface area contributed by atoms with Crippen LogP contribution in [0.5, 0.6) is 0 Å². The zero-order valence-corrected chi connectivity index (χ0v) is 17.8. The van der Waals surface area contributed by atoms with Gasteiger partial charge in [0.15, 0.2) is 0 Å². The van der Waals surface area contributed by atoms with Crippen LogP contribution >= 0.6 is 0 Å². The van der Waals surface area contributed by atoms with Crippen LogP contribution in [0.15, 0.2) is 57.8 Å². The Balaban J connectivity index is 1.55. The second-order valence-electron chi connectivity index (χ2n) is 9.18. The summed E-state index contributed by atoms with van der Waals surface area (Å²) in [7, 11) is 0. The molecule has 2 heterocycles. The highest BCUT2D eigenvalue weighted by atomic mass is 16.3. The molecule has 0 radical (unpaired) electrons. The maximum absolute atomic E-state index is 12.4. The average Bonchev–Trinajstić information content (AvgIpc) is 3.35. The van der Waals surface area contributed by atoms with E-state index in [0.717, 1.165) is 19.3 Å². The maximum Gasteiger partial charge on any atom is 0.244 e. The number of rotatable bonds is 7. The lowest BCUT2D eigenvalue weighted by molar-refractivity contribution is -0.119. The van der Waals surface area contributed by atoms with Gasteiger partial charge in [-0.25, -0.2) is 0 Å². The fourth-order valence-electron chi connectivity index (χ4n) is 4.57. The van der Waals surface area contributed by atoms with Crippen molar-refractivity contribution in [2.45, 2.75) is 46.1 Å². The van der Waals surface area contributed by atoms with E-state index < -0.39 is 0 Å². The molecule has 2 amide bonds. The number of hydrogen-bond acceptors (Lipinski definition) is 4. The standard InChI is InChI=1S/C24H30N2O4/c1-23(2)14-18(26-22(28)11-9-20-7-5-13-30-20)15-24(3,16-23)17-25-21(27)10-8-19-6-4-12-29-19/h4-13,18H,14-17H2,1-3H3,(H,25,27)(H,26,28)/b10-8+,11-9+. The van der Waals surface area contributed by atoms with Crippen LogP contribution in [-0.2, 0) is 9.59 Å². The zero-order chi connectivity index (χ0) is 21.6. The predicted octanol–water partition coefficient (Wildman–Crippen LogP) is 4.42. The van der Waals surface area contributed by atoms with E-state index in [0.29, 0.717) is 18.1 Å². The first-order valence-electron chi connectivity index (χ1n) is 10.2. The molecule has 0 aromatic carbocycles. The molecule has 3 rings (SSSR count). The van der Waals surface area contributed by atoms with Gasteiger partial charge in [0.2, 0.25) is 11.8 Å². The first kappa shape index (κ1) is 21.7. The van der Waals surface area contributed by atoms with Crippen molar-refractivity contribution in [1.82, 2.24) is 10.6 Å². The van der Waals surface area contributed by atoms with Crippen LogP contribution in [0.4, 0.5) is 0 Å². The normalized spacial score (nSPS) is 23.6. The van der Waals surface area contributed by atoms with Crippen molar-refractivity contribution in [3.05, 3.63) is 60.5 Å². The molecule has 1 saturated carbocycles. The van der Waals surface area contributed by atoms with Crippen LogP contribution in [0.25, 0.3) is 12.2 Å². The molecule has 2 atom stereocenters. The predicted molar refractivity (Wildman–Crippen MR) is 116 cm³/mol. The van der Waals surface area contributed by atoms with Gasteiger partial charge >= 0.3 is 0 Å². The third kappa shape index (κ3) is 6.51.